The van der Waals surface area contributed by atoms with E-state index >= 15 is 0 Å². The SMILES string of the molecule is CCCCCCCOc1ccc(CCC(N)(CC)CCF)cc1C(F)(F)F. The molecule has 0 amide bonds. The van der Waals surface area contributed by atoms with Crippen LogP contribution in [0.15, 0.2) is 18.2 Å². The third-order valence-electron chi connectivity index (χ3n) is 5.06. The van der Waals surface area contributed by atoms with Gasteiger partial charge in [-0.2, -0.15) is 13.2 Å². The minimum absolute atomic E-state index is 0.125. The normalized spacial score (nSPS) is 14.2. The third kappa shape index (κ3) is 8.50. The largest absolute Gasteiger partial charge is 0.493 e. The van der Waals surface area contributed by atoms with Crippen molar-refractivity contribution >= 4 is 0 Å². The summed E-state index contributed by atoms with van der Waals surface area (Å²) in [6.07, 6.45) is 2.18. The molecule has 27 heavy (non-hydrogen) atoms. The molecule has 2 N–H and O–H groups in total. The first-order valence-electron chi connectivity index (χ1n) is 9.93. The van der Waals surface area contributed by atoms with Crippen LogP contribution in [0.3, 0.4) is 0 Å². The first kappa shape index (κ1) is 23.7. The minimum atomic E-state index is -4.48. The Morgan fingerprint density at radius 3 is 2.30 bits per heavy atom. The Balaban J connectivity index is 2.75. The lowest BCUT2D eigenvalue weighted by molar-refractivity contribution is -0.139. The van der Waals surface area contributed by atoms with Crippen LogP contribution in [0, 0.1) is 0 Å². The lowest BCUT2D eigenvalue weighted by Gasteiger charge is -2.27. The van der Waals surface area contributed by atoms with Gasteiger partial charge in [0.2, 0.25) is 0 Å². The maximum absolute atomic E-state index is 13.4. The third-order valence-corrected chi connectivity index (χ3v) is 5.06. The van der Waals surface area contributed by atoms with E-state index in [2.05, 4.69) is 6.92 Å². The molecular formula is C21H33F4NO. The van der Waals surface area contributed by atoms with Crippen molar-refractivity contribution in [2.45, 2.75) is 83.4 Å². The van der Waals surface area contributed by atoms with E-state index < -0.39 is 24.0 Å². The molecule has 1 rings (SSSR count). The van der Waals surface area contributed by atoms with Gasteiger partial charge in [-0.25, -0.2) is 0 Å². The molecule has 0 spiro atoms. The van der Waals surface area contributed by atoms with Gasteiger partial charge < -0.3 is 10.5 Å². The number of benzene rings is 1. The lowest BCUT2D eigenvalue weighted by atomic mass is 9.87. The Morgan fingerprint density at radius 1 is 1.00 bits per heavy atom. The molecule has 0 saturated carbocycles. The molecule has 0 aromatic heterocycles. The van der Waals surface area contributed by atoms with Crippen LogP contribution in [0.5, 0.6) is 5.75 Å². The number of unbranched alkanes of at least 4 members (excludes halogenated alkanes) is 4. The van der Waals surface area contributed by atoms with Gasteiger partial charge in [0, 0.05) is 5.54 Å². The summed E-state index contributed by atoms with van der Waals surface area (Å²) in [4.78, 5) is 0. The fourth-order valence-corrected chi connectivity index (χ4v) is 3.03. The number of halogens is 4. The van der Waals surface area contributed by atoms with Gasteiger partial charge in [-0.1, -0.05) is 45.6 Å². The first-order valence-corrected chi connectivity index (χ1v) is 9.93. The number of hydrogen-bond donors (Lipinski definition) is 1. The fourth-order valence-electron chi connectivity index (χ4n) is 3.03. The van der Waals surface area contributed by atoms with E-state index in [-0.39, 0.29) is 18.8 Å². The van der Waals surface area contributed by atoms with Gasteiger partial charge in [0.25, 0.3) is 0 Å². The zero-order chi connectivity index (χ0) is 20.3. The first-order chi connectivity index (χ1) is 12.8. The molecule has 2 nitrogen and oxygen atoms in total. The quantitative estimate of drug-likeness (QED) is 0.310. The summed E-state index contributed by atoms with van der Waals surface area (Å²) >= 11 is 0. The van der Waals surface area contributed by atoms with Crippen LogP contribution in [0.2, 0.25) is 0 Å². The highest BCUT2D eigenvalue weighted by Gasteiger charge is 2.35. The van der Waals surface area contributed by atoms with Crippen molar-refractivity contribution in [1.29, 1.82) is 0 Å². The van der Waals surface area contributed by atoms with E-state index in [9.17, 15) is 17.6 Å². The monoisotopic (exact) mass is 391 g/mol. The predicted octanol–water partition coefficient (Wildman–Crippen LogP) is 6.45. The van der Waals surface area contributed by atoms with Crippen molar-refractivity contribution in [3.63, 3.8) is 0 Å². The van der Waals surface area contributed by atoms with E-state index in [1.165, 1.54) is 6.07 Å². The van der Waals surface area contributed by atoms with Gasteiger partial charge >= 0.3 is 6.18 Å². The van der Waals surface area contributed by atoms with Gasteiger partial charge in [-0.05, 0) is 49.8 Å². The van der Waals surface area contributed by atoms with Gasteiger partial charge in [-0.15, -0.1) is 0 Å². The van der Waals surface area contributed by atoms with Crippen molar-refractivity contribution in [2.24, 2.45) is 5.73 Å². The van der Waals surface area contributed by atoms with Gasteiger partial charge in [-0.3, -0.25) is 4.39 Å². The highest BCUT2D eigenvalue weighted by Crippen LogP contribution is 2.37. The summed E-state index contributed by atoms with van der Waals surface area (Å²) in [7, 11) is 0. The second kappa shape index (κ2) is 11.5. The van der Waals surface area contributed by atoms with E-state index in [1.807, 2.05) is 6.92 Å². The molecule has 0 bridgehead atoms. The average Bonchev–Trinajstić information content (AvgIpc) is 2.63. The number of alkyl halides is 4. The topological polar surface area (TPSA) is 35.2 Å². The van der Waals surface area contributed by atoms with Crippen LogP contribution in [0.4, 0.5) is 17.6 Å². The van der Waals surface area contributed by atoms with Crippen LogP contribution in [0.1, 0.15) is 76.3 Å². The van der Waals surface area contributed by atoms with E-state index in [1.54, 1.807) is 6.07 Å². The second-order valence-corrected chi connectivity index (χ2v) is 7.25. The maximum atomic E-state index is 13.4. The molecule has 0 aliphatic rings. The number of nitrogens with two attached hydrogens (primary N) is 1. The molecule has 1 aromatic rings. The Hall–Kier alpha value is -1.30. The van der Waals surface area contributed by atoms with Gasteiger partial charge in [0.1, 0.15) is 5.75 Å². The van der Waals surface area contributed by atoms with Crippen LogP contribution in [-0.2, 0) is 12.6 Å². The van der Waals surface area contributed by atoms with Crippen molar-refractivity contribution in [3.05, 3.63) is 29.3 Å². The fraction of sp³-hybridized carbons (Fsp3) is 0.714. The van der Waals surface area contributed by atoms with Gasteiger partial charge in [0.15, 0.2) is 0 Å². The number of rotatable bonds is 13. The molecule has 1 aromatic carbocycles. The molecular weight excluding hydrogens is 358 g/mol. The van der Waals surface area contributed by atoms with E-state index in [4.69, 9.17) is 10.5 Å². The van der Waals surface area contributed by atoms with Crippen LogP contribution in [-0.4, -0.2) is 18.8 Å². The zero-order valence-corrected chi connectivity index (χ0v) is 16.5. The molecule has 0 fully saturated rings. The van der Waals surface area contributed by atoms with Gasteiger partial charge in [0.05, 0.1) is 18.8 Å². The highest BCUT2D eigenvalue weighted by molar-refractivity contribution is 5.39. The second-order valence-electron chi connectivity index (χ2n) is 7.25. The summed E-state index contributed by atoms with van der Waals surface area (Å²) in [6, 6.07) is 4.18. The summed E-state index contributed by atoms with van der Waals surface area (Å²) in [6.45, 7) is 3.74. The zero-order valence-electron chi connectivity index (χ0n) is 16.5. The standard InChI is InChI=1S/C21H33F4NO/c1-3-5-6-7-8-15-27-19-10-9-17(16-18(19)21(23,24)25)11-12-20(26,4-2)13-14-22/h9-10,16H,3-8,11-15,26H2,1-2H3. The lowest BCUT2D eigenvalue weighted by Crippen LogP contribution is -2.40. The molecule has 6 heteroatoms. The smallest absolute Gasteiger partial charge is 0.419 e. The molecule has 156 valence electrons. The van der Waals surface area contributed by atoms with E-state index in [0.29, 0.717) is 24.8 Å². The van der Waals surface area contributed by atoms with Crippen molar-refractivity contribution in [3.8, 4) is 5.75 Å². The summed E-state index contributed by atoms with van der Waals surface area (Å²) in [5.74, 6) is -0.125. The number of hydrogen-bond acceptors (Lipinski definition) is 2. The summed E-state index contributed by atoms with van der Waals surface area (Å²) < 4.78 is 58.3. The minimum Gasteiger partial charge on any atom is -0.493 e. The highest BCUT2D eigenvalue weighted by atomic mass is 19.4. The Labute approximate surface area is 160 Å². The maximum Gasteiger partial charge on any atom is 0.419 e. The van der Waals surface area contributed by atoms with Crippen LogP contribution >= 0.6 is 0 Å². The molecule has 0 heterocycles. The van der Waals surface area contributed by atoms with Crippen molar-refractivity contribution in [2.75, 3.05) is 13.3 Å². The Kier molecular flexibility index (Phi) is 10.1. The molecule has 0 radical (unpaired) electrons. The predicted molar refractivity (Wildman–Crippen MR) is 102 cm³/mol. The number of aryl methyl sites for hydroxylation is 1. The average molecular weight is 391 g/mol. The van der Waals surface area contributed by atoms with E-state index in [0.717, 1.165) is 38.2 Å². The summed E-state index contributed by atoms with van der Waals surface area (Å²) in [5.41, 5.74) is 5.25. The Morgan fingerprint density at radius 2 is 1.70 bits per heavy atom. The molecule has 0 aliphatic carbocycles. The number of ether oxygens (including phenoxy) is 1. The molecule has 0 aliphatic heterocycles. The van der Waals surface area contributed by atoms with Crippen LogP contribution < -0.4 is 10.5 Å². The van der Waals surface area contributed by atoms with Crippen molar-refractivity contribution in [1.82, 2.24) is 0 Å². The van der Waals surface area contributed by atoms with Crippen LogP contribution in [0.25, 0.3) is 0 Å². The molecule has 1 unspecified atom stereocenters. The molecule has 1 atom stereocenters. The summed E-state index contributed by atoms with van der Waals surface area (Å²) in [5, 5.41) is 0. The molecule has 0 saturated heterocycles. The Bertz CT molecular complexity index is 547. The van der Waals surface area contributed by atoms with Crippen molar-refractivity contribution < 1.29 is 22.3 Å².